The second kappa shape index (κ2) is 4.18. The highest BCUT2D eigenvalue weighted by Gasteiger charge is 2.20. The van der Waals surface area contributed by atoms with Crippen molar-refractivity contribution in [3.63, 3.8) is 0 Å². The molecule has 1 aliphatic heterocycles. The maximum atomic E-state index is 11.4. The fourth-order valence-electron chi connectivity index (χ4n) is 1.30. The van der Waals surface area contributed by atoms with Gasteiger partial charge < -0.3 is 10.4 Å². The van der Waals surface area contributed by atoms with Crippen LogP contribution in [0, 0.1) is 0 Å². The summed E-state index contributed by atoms with van der Waals surface area (Å²) in [7, 11) is 0. The van der Waals surface area contributed by atoms with Gasteiger partial charge in [-0.3, -0.25) is 4.79 Å². The summed E-state index contributed by atoms with van der Waals surface area (Å²) in [6.07, 6.45) is 2.99. The Labute approximate surface area is 76.6 Å². The lowest BCUT2D eigenvalue weighted by molar-refractivity contribution is -0.132. The van der Waals surface area contributed by atoms with Crippen LogP contribution in [0.2, 0.25) is 0 Å². The van der Waals surface area contributed by atoms with E-state index in [4.69, 9.17) is 5.11 Å². The number of hydrogen-bond acceptors (Lipinski definition) is 3. The number of carboxylic acids is 1. The first-order valence-electron chi connectivity index (χ1n) is 4.30. The fourth-order valence-corrected chi connectivity index (χ4v) is 1.30. The van der Waals surface area contributed by atoms with Crippen molar-refractivity contribution in [2.45, 2.75) is 25.8 Å². The maximum Gasteiger partial charge on any atom is 0.331 e. The minimum absolute atomic E-state index is 0.0960. The number of carboxylic acid groups (broad SMARTS) is 1. The summed E-state index contributed by atoms with van der Waals surface area (Å²) >= 11 is 0. The third kappa shape index (κ3) is 2.66. The predicted octanol–water partition coefficient (Wildman–Crippen LogP) is 0.338. The Bertz CT molecular complexity index is 252. The molecule has 0 aromatic rings. The van der Waals surface area contributed by atoms with Gasteiger partial charge in [0.1, 0.15) is 0 Å². The highest BCUT2D eigenvalue weighted by Crippen LogP contribution is 2.07. The summed E-state index contributed by atoms with van der Waals surface area (Å²) in [6.45, 7) is 2.27. The molecular formula is C9H13NO3. The highest BCUT2D eigenvalue weighted by atomic mass is 16.4. The molecule has 0 aromatic heterocycles. The summed E-state index contributed by atoms with van der Waals surface area (Å²) in [5, 5.41) is 11.5. The molecule has 1 fully saturated rings. The number of nitrogens with one attached hydrogen (secondary N) is 1. The topological polar surface area (TPSA) is 66.4 Å². The number of ketones is 1. The van der Waals surface area contributed by atoms with Crippen molar-refractivity contribution in [1.82, 2.24) is 5.32 Å². The fraction of sp³-hybridized carbons (Fsp3) is 0.556. The molecule has 0 saturated carbocycles. The Kier molecular flexibility index (Phi) is 3.19. The highest BCUT2D eigenvalue weighted by molar-refractivity contribution is 6.01. The maximum absolute atomic E-state index is 11.4. The lowest BCUT2D eigenvalue weighted by atomic mass is 10.1. The van der Waals surface area contributed by atoms with Crippen LogP contribution in [0.15, 0.2) is 11.6 Å². The Balaban J connectivity index is 2.57. The number of aliphatic carboxylic acids is 1. The van der Waals surface area contributed by atoms with Gasteiger partial charge >= 0.3 is 5.97 Å². The van der Waals surface area contributed by atoms with Crippen molar-refractivity contribution in [3.8, 4) is 0 Å². The third-order valence-electron chi connectivity index (χ3n) is 2.10. The van der Waals surface area contributed by atoms with Crippen LogP contribution in [0.3, 0.4) is 0 Å². The van der Waals surface area contributed by atoms with E-state index in [0.717, 1.165) is 19.4 Å². The summed E-state index contributed by atoms with van der Waals surface area (Å²) in [4.78, 5) is 21.8. The lowest BCUT2D eigenvalue weighted by Gasteiger charge is -2.04. The molecule has 0 radical (unpaired) electrons. The van der Waals surface area contributed by atoms with Crippen LogP contribution in [0.1, 0.15) is 19.8 Å². The van der Waals surface area contributed by atoms with E-state index in [0.29, 0.717) is 0 Å². The van der Waals surface area contributed by atoms with Gasteiger partial charge in [0.05, 0.1) is 6.04 Å². The second-order valence-electron chi connectivity index (χ2n) is 3.18. The van der Waals surface area contributed by atoms with Gasteiger partial charge in [-0.15, -0.1) is 0 Å². The molecule has 1 aliphatic rings. The van der Waals surface area contributed by atoms with Gasteiger partial charge in [-0.25, -0.2) is 4.79 Å². The Hall–Kier alpha value is -1.16. The van der Waals surface area contributed by atoms with Crippen LogP contribution in [0.25, 0.3) is 0 Å². The molecule has 13 heavy (non-hydrogen) atoms. The van der Waals surface area contributed by atoms with E-state index in [-0.39, 0.29) is 17.4 Å². The standard InChI is InChI=1S/C9H13NO3/c1-6(9(12)13)5-8(11)7-3-2-4-10-7/h5,7,10H,2-4H2,1H3,(H,12,13)/t7-/m0/s1. The van der Waals surface area contributed by atoms with Crippen molar-refractivity contribution in [1.29, 1.82) is 0 Å². The molecule has 1 rings (SSSR count). The molecule has 4 heteroatoms. The number of rotatable bonds is 3. The largest absolute Gasteiger partial charge is 0.478 e. The van der Waals surface area contributed by atoms with Crippen molar-refractivity contribution in [2.24, 2.45) is 0 Å². The first-order chi connectivity index (χ1) is 6.11. The van der Waals surface area contributed by atoms with Gasteiger partial charge in [0.25, 0.3) is 0 Å². The molecule has 1 atom stereocenters. The van der Waals surface area contributed by atoms with E-state index in [1.54, 1.807) is 0 Å². The average molecular weight is 183 g/mol. The van der Waals surface area contributed by atoms with Crippen LogP contribution in [-0.2, 0) is 9.59 Å². The van der Waals surface area contributed by atoms with Crippen molar-refractivity contribution >= 4 is 11.8 Å². The number of hydrogen-bond donors (Lipinski definition) is 2. The average Bonchev–Trinajstić information content (AvgIpc) is 2.55. The van der Waals surface area contributed by atoms with Crippen molar-refractivity contribution < 1.29 is 14.7 Å². The first kappa shape index (κ1) is 9.92. The van der Waals surface area contributed by atoms with Crippen molar-refractivity contribution in [3.05, 3.63) is 11.6 Å². The third-order valence-corrected chi connectivity index (χ3v) is 2.10. The number of carbonyl (C=O) groups excluding carboxylic acids is 1. The Morgan fingerprint density at radius 3 is 2.69 bits per heavy atom. The van der Waals surface area contributed by atoms with Gasteiger partial charge in [0.15, 0.2) is 5.78 Å². The molecule has 72 valence electrons. The molecule has 4 nitrogen and oxygen atoms in total. The van der Waals surface area contributed by atoms with Gasteiger partial charge in [0, 0.05) is 5.57 Å². The Morgan fingerprint density at radius 1 is 1.54 bits per heavy atom. The zero-order chi connectivity index (χ0) is 9.84. The minimum Gasteiger partial charge on any atom is -0.478 e. The molecule has 1 saturated heterocycles. The Morgan fingerprint density at radius 2 is 2.23 bits per heavy atom. The predicted molar refractivity (Wildman–Crippen MR) is 47.4 cm³/mol. The number of carbonyl (C=O) groups is 2. The summed E-state index contributed by atoms with van der Waals surface area (Å²) in [5.74, 6) is -1.16. The smallest absolute Gasteiger partial charge is 0.331 e. The normalized spacial score (nSPS) is 23.2. The van der Waals surface area contributed by atoms with E-state index in [1.165, 1.54) is 13.0 Å². The molecule has 0 spiro atoms. The molecule has 0 unspecified atom stereocenters. The molecule has 0 aliphatic carbocycles. The molecule has 0 amide bonds. The molecule has 1 heterocycles. The second-order valence-corrected chi connectivity index (χ2v) is 3.18. The quantitative estimate of drug-likeness (QED) is 0.619. The molecular weight excluding hydrogens is 170 g/mol. The van der Waals surface area contributed by atoms with Gasteiger partial charge in [0.2, 0.25) is 0 Å². The van der Waals surface area contributed by atoms with Crippen LogP contribution >= 0.6 is 0 Å². The van der Waals surface area contributed by atoms with Crippen LogP contribution in [-0.4, -0.2) is 29.4 Å². The van der Waals surface area contributed by atoms with Gasteiger partial charge in [-0.1, -0.05) is 0 Å². The van der Waals surface area contributed by atoms with Gasteiger partial charge in [-0.2, -0.15) is 0 Å². The summed E-state index contributed by atoms with van der Waals surface area (Å²) in [5.41, 5.74) is 0.0960. The zero-order valence-corrected chi connectivity index (χ0v) is 7.54. The molecule has 0 bridgehead atoms. The van der Waals surface area contributed by atoms with Crippen LogP contribution in [0.4, 0.5) is 0 Å². The van der Waals surface area contributed by atoms with E-state index < -0.39 is 5.97 Å². The van der Waals surface area contributed by atoms with E-state index in [9.17, 15) is 9.59 Å². The van der Waals surface area contributed by atoms with E-state index in [1.807, 2.05) is 0 Å². The lowest BCUT2D eigenvalue weighted by Crippen LogP contribution is -2.29. The zero-order valence-electron chi connectivity index (χ0n) is 7.54. The van der Waals surface area contributed by atoms with E-state index >= 15 is 0 Å². The first-order valence-corrected chi connectivity index (χ1v) is 4.30. The minimum atomic E-state index is -1.04. The van der Waals surface area contributed by atoms with Crippen LogP contribution in [0.5, 0.6) is 0 Å². The van der Waals surface area contributed by atoms with Crippen molar-refractivity contribution in [2.75, 3.05) is 6.54 Å². The molecule has 0 aromatic carbocycles. The monoisotopic (exact) mass is 183 g/mol. The summed E-state index contributed by atoms with van der Waals surface area (Å²) < 4.78 is 0. The SMILES string of the molecule is CC(=CC(=O)[C@@H]1CCCN1)C(=O)O. The molecule has 2 N–H and O–H groups in total. The van der Waals surface area contributed by atoms with E-state index in [2.05, 4.69) is 5.32 Å². The summed E-state index contributed by atoms with van der Waals surface area (Å²) in [6, 6.07) is -0.172. The van der Waals surface area contributed by atoms with Crippen LogP contribution < -0.4 is 5.32 Å². The van der Waals surface area contributed by atoms with Gasteiger partial charge in [-0.05, 0) is 32.4 Å².